The molecule has 0 radical (unpaired) electrons. The van der Waals surface area contributed by atoms with Gasteiger partial charge in [-0.2, -0.15) is 4.98 Å². The summed E-state index contributed by atoms with van der Waals surface area (Å²) < 4.78 is 65.6. The molecule has 0 amide bonds. The lowest BCUT2D eigenvalue weighted by Crippen LogP contribution is -2.53. The summed E-state index contributed by atoms with van der Waals surface area (Å²) in [5.41, 5.74) is 2.15. The molecule has 0 saturated carbocycles. The first kappa shape index (κ1) is 23.3. The van der Waals surface area contributed by atoms with E-state index in [0.717, 1.165) is 0 Å². The van der Waals surface area contributed by atoms with Crippen molar-refractivity contribution in [2.75, 3.05) is 39.2 Å². The van der Waals surface area contributed by atoms with Gasteiger partial charge in [-0.15, -0.1) is 5.10 Å². The highest BCUT2D eigenvalue weighted by molar-refractivity contribution is 5.90. The van der Waals surface area contributed by atoms with E-state index in [4.69, 9.17) is 4.74 Å². The number of halogens is 4. The van der Waals surface area contributed by atoms with E-state index in [-0.39, 0.29) is 36.9 Å². The SMILES string of the molecule is COc1nc(N[C@@H]2CCN(C)CC2(F)F)nn2ccc(-c3cc(F)c4nc(C)n(CCF)c4c3)c12. The number of ether oxygens (including phenoxy) is 1. The van der Waals surface area contributed by atoms with E-state index in [1.807, 2.05) is 0 Å². The highest BCUT2D eigenvalue weighted by Gasteiger charge is 2.44. The number of hydrogen-bond donors (Lipinski definition) is 1. The van der Waals surface area contributed by atoms with Gasteiger partial charge in [0.2, 0.25) is 11.8 Å². The second kappa shape index (κ2) is 8.67. The molecule has 0 spiro atoms. The third-order valence-corrected chi connectivity index (χ3v) is 6.38. The number of piperidine rings is 1. The van der Waals surface area contributed by atoms with Crippen LogP contribution in [0.25, 0.3) is 27.7 Å². The summed E-state index contributed by atoms with van der Waals surface area (Å²) in [5, 5.41) is 7.11. The molecule has 4 heterocycles. The lowest BCUT2D eigenvalue weighted by atomic mass is 10.0. The van der Waals surface area contributed by atoms with Gasteiger partial charge < -0.3 is 19.5 Å². The zero-order chi connectivity index (χ0) is 24.9. The number of benzene rings is 1. The van der Waals surface area contributed by atoms with E-state index < -0.39 is 24.5 Å². The van der Waals surface area contributed by atoms with Crippen LogP contribution in [0, 0.1) is 12.7 Å². The zero-order valence-corrected chi connectivity index (χ0v) is 19.5. The van der Waals surface area contributed by atoms with Crippen molar-refractivity contribution in [3.63, 3.8) is 0 Å². The Labute approximate surface area is 198 Å². The summed E-state index contributed by atoms with van der Waals surface area (Å²) in [6, 6.07) is 3.67. The first-order chi connectivity index (χ1) is 16.7. The van der Waals surface area contributed by atoms with Crippen molar-refractivity contribution in [1.29, 1.82) is 0 Å². The van der Waals surface area contributed by atoms with Gasteiger partial charge in [-0.3, -0.25) is 0 Å². The smallest absolute Gasteiger partial charge is 0.280 e. The second-order valence-electron chi connectivity index (χ2n) is 8.78. The number of imidazole rings is 1. The summed E-state index contributed by atoms with van der Waals surface area (Å²) in [6.45, 7) is 1.31. The number of aromatic nitrogens is 5. The molecule has 1 fully saturated rings. The number of aryl methyl sites for hydroxylation is 2. The molecular formula is C23H25F4N7O. The highest BCUT2D eigenvalue weighted by Crippen LogP contribution is 2.35. The molecule has 0 aliphatic carbocycles. The number of methoxy groups -OCH3 is 1. The fourth-order valence-electron chi connectivity index (χ4n) is 4.69. The molecule has 1 aliphatic heterocycles. The van der Waals surface area contributed by atoms with E-state index in [0.29, 0.717) is 34.5 Å². The molecule has 186 valence electrons. The molecule has 35 heavy (non-hydrogen) atoms. The van der Waals surface area contributed by atoms with Crippen LogP contribution in [0.4, 0.5) is 23.5 Å². The number of nitrogens with one attached hydrogen (secondary N) is 1. The van der Waals surface area contributed by atoms with E-state index >= 15 is 0 Å². The van der Waals surface area contributed by atoms with Gasteiger partial charge in [0.05, 0.1) is 31.8 Å². The summed E-state index contributed by atoms with van der Waals surface area (Å²) in [4.78, 5) is 10.1. The van der Waals surface area contributed by atoms with Crippen LogP contribution in [0.1, 0.15) is 12.2 Å². The number of nitrogens with zero attached hydrogens (tertiary/aromatic N) is 6. The number of anilines is 1. The number of fused-ring (bicyclic) bond motifs is 2. The monoisotopic (exact) mass is 491 g/mol. The van der Waals surface area contributed by atoms with Crippen LogP contribution >= 0.6 is 0 Å². The minimum Gasteiger partial charge on any atom is -0.479 e. The normalized spacial score (nSPS) is 18.4. The average Bonchev–Trinajstić information content (AvgIpc) is 3.37. The lowest BCUT2D eigenvalue weighted by Gasteiger charge is -2.36. The van der Waals surface area contributed by atoms with E-state index in [1.165, 1.54) is 17.7 Å². The number of rotatable bonds is 6. The van der Waals surface area contributed by atoms with Gasteiger partial charge in [0.25, 0.3) is 5.92 Å². The maximum atomic E-state index is 15.0. The van der Waals surface area contributed by atoms with Crippen LogP contribution in [-0.2, 0) is 6.54 Å². The molecule has 12 heteroatoms. The summed E-state index contributed by atoms with van der Waals surface area (Å²) in [6.07, 6.45) is 1.86. The number of hydrogen-bond acceptors (Lipinski definition) is 6. The molecule has 8 nitrogen and oxygen atoms in total. The van der Waals surface area contributed by atoms with E-state index in [2.05, 4.69) is 20.4 Å². The standard InChI is InChI=1S/C23H25F4N7O/c1-13-28-19-16(25)10-14(11-17(19)33(13)9-6-24)15-4-8-34-20(15)21(35-3)30-22(31-34)29-18-5-7-32(2)12-23(18,26)27/h4,8,10-11,18H,5-7,9,12H2,1-3H3,(H,29,31)/t18-/m1/s1. The van der Waals surface area contributed by atoms with Gasteiger partial charge in [0, 0.05) is 18.3 Å². The van der Waals surface area contributed by atoms with Gasteiger partial charge in [-0.1, -0.05) is 0 Å². The largest absolute Gasteiger partial charge is 0.479 e. The molecule has 1 N–H and O–H groups in total. The molecular weight excluding hydrogens is 466 g/mol. The Kier molecular flexibility index (Phi) is 5.78. The Bertz CT molecular complexity index is 1400. The third-order valence-electron chi connectivity index (χ3n) is 6.38. The highest BCUT2D eigenvalue weighted by atomic mass is 19.3. The van der Waals surface area contributed by atoms with Crippen LogP contribution in [0.15, 0.2) is 24.4 Å². The van der Waals surface area contributed by atoms with Crippen molar-refractivity contribution >= 4 is 22.5 Å². The third kappa shape index (κ3) is 4.05. The molecule has 3 aromatic heterocycles. The molecule has 1 aromatic carbocycles. The quantitative estimate of drug-likeness (QED) is 0.412. The predicted molar refractivity (Wildman–Crippen MR) is 123 cm³/mol. The molecule has 1 atom stereocenters. The van der Waals surface area contributed by atoms with Crippen LogP contribution in [0.2, 0.25) is 0 Å². The topological polar surface area (TPSA) is 72.5 Å². The van der Waals surface area contributed by atoms with Crippen LogP contribution in [0.3, 0.4) is 0 Å². The summed E-state index contributed by atoms with van der Waals surface area (Å²) >= 11 is 0. The summed E-state index contributed by atoms with van der Waals surface area (Å²) in [7, 11) is 3.07. The lowest BCUT2D eigenvalue weighted by molar-refractivity contribution is -0.0675. The van der Waals surface area contributed by atoms with Crippen molar-refractivity contribution in [2.24, 2.45) is 0 Å². The first-order valence-electron chi connectivity index (χ1n) is 11.2. The minimum atomic E-state index is -2.95. The van der Waals surface area contributed by atoms with Gasteiger partial charge in [-0.25, -0.2) is 27.1 Å². The zero-order valence-electron chi connectivity index (χ0n) is 19.5. The van der Waals surface area contributed by atoms with Crippen molar-refractivity contribution in [1.82, 2.24) is 29.0 Å². The van der Waals surface area contributed by atoms with Crippen molar-refractivity contribution in [3.05, 3.63) is 36.0 Å². The van der Waals surface area contributed by atoms with Gasteiger partial charge >= 0.3 is 0 Å². The maximum Gasteiger partial charge on any atom is 0.280 e. The Balaban J connectivity index is 1.57. The molecule has 5 rings (SSSR count). The maximum absolute atomic E-state index is 15.0. The molecule has 0 bridgehead atoms. The molecule has 4 aromatic rings. The van der Waals surface area contributed by atoms with E-state index in [1.54, 1.807) is 41.8 Å². The van der Waals surface area contributed by atoms with Gasteiger partial charge in [-0.05, 0) is 44.2 Å². The van der Waals surface area contributed by atoms with Crippen molar-refractivity contribution < 1.29 is 22.3 Å². The Morgan fingerprint density at radius 2 is 2.06 bits per heavy atom. The Hall–Kier alpha value is -3.41. The Morgan fingerprint density at radius 3 is 2.77 bits per heavy atom. The predicted octanol–water partition coefficient (Wildman–Crippen LogP) is 3.92. The second-order valence-corrected chi connectivity index (χ2v) is 8.78. The first-order valence-corrected chi connectivity index (χ1v) is 11.2. The van der Waals surface area contributed by atoms with Crippen molar-refractivity contribution in [3.8, 4) is 17.0 Å². The average molecular weight is 491 g/mol. The molecule has 0 unspecified atom stereocenters. The van der Waals surface area contributed by atoms with Crippen LogP contribution in [-0.4, -0.2) is 74.9 Å². The van der Waals surface area contributed by atoms with Gasteiger partial charge in [0.15, 0.2) is 5.82 Å². The number of likely N-dealkylation sites (tertiary alicyclic amines) is 1. The summed E-state index contributed by atoms with van der Waals surface area (Å²) in [5.74, 6) is -2.83. The van der Waals surface area contributed by atoms with Gasteiger partial charge in [0.1, 0.15) is 23.5 Å². The molecule has 1 saturated heterocycles. The minimum absolute atomic E-state index is 0.00371. The van der Waals surface area contributed by atoms with E-state index in [9.17, 15) is 17.6 Å². The fourth-order valence-corrected chi connectivity index (χ4v) is 4.69. The van der Waals surface area contributed by atoms with Crippen molar-refractivity contribution in [2.45, 2.75) is 31.9 Å². The Morgan fingerprint density at radius 1 is 1.26 bits per heavy atom. The fraction of sp³-hybridized carbons (Fsp3) is 0.435. The number of alkyl halides is 3. The van der Waals surface area contributed by atoms with Crippen LogP contribution in [0.5, 0.6) is 5.88 Å². The molecule has 1 aliphatic rings. The van der Waals surface area contributed by atoms with Crippen LogP contribution < -0.4 is 10.1 Å².